The first kappa shape index (κ1) is 28.0. The Morgan fingerprint density at radius 2 is 0.980 bits per heavy atom. The Hall–Kier alpha value is -7.06. The molecule has 0 fully saturated rings. The van der Waals surface area contributed by atoms with E-state index in [0.29, 0.717) is 40.2 Å². The lowest BCUT2D eigenvalue weighted by atomic mass is 9.98. The molecule has 234 valence electrons. The molecule has 0 aliphatic carbocycles. The highest BCUT2D eigenvalue weighted by atomic mass is 16.4. The Morgan fingerprint density at radius 3 is 1.70 bits per heavy atom. The van der Waals surface area contributed by atoms with Crippen LogP contribution >= 0.6 is 0 Å². The average Bonchev–Trinajstić information content (AvgIpc) is 3.80. The molecule has 10 aromatic rings. The van der Waals surface area contributed by atoms with Gasteiger partial charge in [-0.15, -0.1) is 0 Å². The van der Waals surface area contributed by atoms with Crippen molar-refractivity contribution in [1.29, 1.82) is 0 Å². The maximum absolute atomic E-state index is 6.45. The first-order valence-electron chi connectivity index (χ1n) is 16.2. The second-order valence-electron chi connectivity index (χ2n) is 11.9. The molecule has 8 heteroatoms. The van der Waals surface area contributed by atoms with Gasteiger partial charge in [-0.25, -0.2) is 24.9 Å². The van der Waals surface area contributed by atoms with Crippen LogP contribution in [0.3, 0.4) is 0 Å². The van der Waals surface area contributed by atoms with Crippen LogP contribution in [-0.2, 0) is 0 Å². The quantitative estimate of drug-likeness (QED) is 0.182. The monoisotopic (exact) mass is 644 g/mol. The van der Waals surface area contributed by atoms with Crippen LogP contribution in [0.4, 0.5) is 0 Å². The molecule has 6 aromatic carbocycles. The molecule has 4 heterocycles. The number of aromatic nitrogens is 6. The molecule has 0 bridgehead atoms. The standard InChI is InChI=1S/C42H24N6O2/c1-3-11-25(12-4-1)39-46-40(26-13-5-2-6-14-26)48-41(47-39)35-24-43-34(23-44-35)29-18-9-17-28-27(29)16-10-19-32(28)42-45-33-22-21-31-30-15-7-8-20-36(30)49-37(31)38(33)50-42/h1-24H. The lowest BCUT2D eigenvalue weighted by molar-refractivity contribution is 0.604. The van der Waals surface area contributed by atoms with Crippen molar-refractivity contribution in [3.8, 4) is 57.0 Å². The zero-order chi connectivity index (χ0) is 33.0. The number of oxazole rings is 1. The third kappa shape index (κ3) is 4.62. The highest BCUT2D eigenvalue weighted by molar-refractivity contribution is 6.13. The second kappa shape index (κ2) is 11.3. The van der Waals surface area contributed by atoms with E-state index in [1.54, 1.807) is 12.4 Å². The first-order valence-corrected chi connectivity index (χ1v) is 16.2. The lowest BCUT2D eigenvalue weighted by Gasteiger charge is -2.10. The van der Waals surface area contributed by atoms with Crippen LogP contribution in [0.2, 0.25) is 0 Å². The Bertz CT molecular complexity index is 2810. The molecule has 0 aliphatic rings. The fourth-order valence-corrected chi connectivity index (χ4v) is 6.51. The molecule has 0 spiro atoms. The van der Waals surface area contributed by atoms with E-state index in [1.165, 1.54) is 0 Å². The van der Waals surface area contributed by atoms with Crippen LogP contribution in [0.15, 0.2) is 155 Å². The van der Waals surface area contributed by atoms with E-state index >= 15 is 0 Å². The number of furan rings is 1. The minimum Gasteiger partial charge on any atom is -0.452 e. The molecule has 0 unspecified atom stereocenters. The molecule has 50 heavy (non-hydrogen) atoms. The van der Waals surface area contributed by atoms with Gasteiger partial charge in [0.2, 0.25) is 5.89 Å². The first-order chi connectivity index (χ1) is 24.8. The van der Waals surface area contributed by atoms with Crippen molar-refractivity contribution in [2.75, 3.05) is 0 Å². The van der Waals surface area contributed by atoms with Crippen LogP contribution < -0.4 is 0 Å². The van der Waals surface area contributed by atoms with Gasteiger partial charge in [0.15, 0.2) is 28.6 Å². The van der Waals surface area contributed by atoms with Crippen molar-refractivity contribution < 1.29 is 8.83 Å². The van der Waals surface area contributed by atoms with Crippen molar-refractivity contribution in [3.05, 3.63) is 146 Å². The van der Waals surface area contributed by atoms with Gasteiger partial charge in [0, 0.05) is 33.0 Å². The number of rotatable bonds is 5. The van der Waals surface area contributed by atoms with Crippen molar-refractivity contribution in [2.24, 2.45) is 0 Å². The van der Waals surface area contributed by atoms with E-state index in [0.717, 1.165) is 60.6 Å². The van der Waals surface area contributed by atoms with Crippen LogP contribution in [0.25, 0.3) is 101 Å². The lowest BCUT2D eigenvalue weighted by Crippen LogP contribution is -2.01. The van der Waals surface area contributed by atoms with Gasteiger partial charge in [-0.1, -0.05) is 109 Å². The van der Waals surface area contributed by atoms with E-state index in [9.17, 15) is 0 Å². The van der Waals surface area contributed by atoms with Gasteiger partial charge in [0.25, 0.3) is 0 Å². The van der Waals surface area contributed by atoms with Crippen LogP contribution in [0, 0.1) is 0 Å². The Labute approximate surface area is 284 Å². The minimum atomic E-state index is 0.450. The van der Waals surface area contributed by atoms with Gasteiger partial charge >= 0.3 is 0 Å². The SMILES string of the molecule is c1ccc(-c2nc(-c3ccccc3)nc(-c3cnc(-c4cccc5c(-c6nc7ccc8c9ccccc9oc8c7o6)cccc45)cn3)n2)cc1. The molecule has 0 saturated carbocycles. The van der Waals surface area contributed by atoms with Gasteiger partial charge < -0.3 is 8.83 Å². The van der Waals surface area contributed by atoms with Gasteiger partial charge in [-0.05, 0) is 35.0 Å². The van der Waals surface area contributed by atoms with Crippen molar-refractivity contribution >= 4 is 43.8 Å². The molecule has 4 aromatic heterocycles. The molecule has 0 saturated heterocycles. The molecule has 8 nitrogen and oxygen atoms in total. The van der Waals surface area contributed by atoms with Crippen molar-refractivity contribution in [3.63, 3.8) is 0 Å². The van der Waals surface area contributed by atoms with Gasteiger partial charge in [-0.3, -0.25) is 4.98 Å². The summed E-state index contributed by atoms with van der Waals surface area (Å²) in [5, 5.41) is 4.04. The largest absolute Gasteiger partial charge is 0.452 e. The smallest absolute Gasteiger partial charge is 0.228 e. The normalized spacial score (nSPS) is 11.6. The van der Waals surface area contributed by atoms with Gasteiger partial charge in [0.1, 0.15) is 16.8 Å². The van der Waals surface area contributed by atoms with Crippen LogP contribution in [-0.4, -0.2) is 29.9 Å². The molecular weight excluding hydrogens is 621 g/mol. The maximum atomic E-state index is 6.45. The van der Waals surface area contributed by atoms with Crippen LogP contribution in [0.5, 0.6) is 0 Å². The highest BCUT2D eigenvalue weighted by Crippen LogP contribution is 2.39. The Kier molecular flexibility index (Phi) is 6.32. The Balaban J connectivity index is 1.05. The number of para-hydroxylation sites is 1. The van der Waals surface area contributed by atoms with Gasteiger partial charge in [0.05, 0.1) is 18.1 Å². The van der Waals surface area contributed by atoms with E-state index in [1.807, 2.05) is 115 Å². The topological polar surface area (TPSA) is 104 Å². The molecule has 0 aliphatic heterocycles. The molecule has 0 atom stereocenters. The molecule has 10 rings (SSSR count). The Morgan fingerprint density at radius 1 is 0.380 bits per heavy atom. The molecule has 0 radical (unpaired) electrons. The summed E-state index contributed by atoms with van der Waals surface area (Å²) in [5.74, 6) is 2.12. The fourth-order valence-electron chi connectivity index (χ4n) is 6.51. The molecular formula is C42H24N6O2. The van der Waals surface area contributed by atoms with E-state index < -0.39 is 0 Å². The maximum Gasteiger partial charge on any atom is 0.228 e. The summed E-state index contributed by atoms with van der Waals surface area (Å²) in [6.07, 6.45) is 3.49. The number of benzene rings is 6. The minimum absolute atomic E-state index is 0.450. The molecule has 0 N–H and O–H groups in total. The zero-order valence-electron chi connectivity index (χ0n) is 26.4. The second-order valence-corrected chi connectivity index (χ2v) is 11.9. The van der Waals surface area contributed by atoms with Crippen molar-refractivity contribution in [1.82, 2.24) is 29.9 Å². The number of nitrogens with zero attached hydrogens (tertiary/aromatic N) is 6. The summed E-state index contributed by atoms with van der Waals surface area (Å²) in [6, 6.07) is 44.0. The third-order valence-corrected chi connectivity index (χ3v) is 8.91. The predicted octanol–water partition coefficient (Wildman–Crippen LogP) is 10.2. The van der Waals surface area contributed by atoms with E-state index in [2.05, 4.69) is 18.2 Å². The average molecular weight is 645 g/mol. The summed E-state index contributed by atoms with van der Waals surface area (Å²) in [6.45, 7) is 0. The molecule has 0 amide bonds. The third-order valence-electron chi connectivity index (χ3n) is 8.91. The van der Waals surface area contributed by atoms with E-state index in [-0.39, 0.29) is 0 Å². The summed E-state index contributed by atoms with van der Waals surface area (Å²) < 4.78 is 12.7. The summed E-state index contributed by atoms with van der Waals surface area (Å²) in [4.78, 5) is 28.9. The van der Waals surface area contributed by atoms with Gasteiger partial charge in [-0.2, -0.15) is 0 Å². The highest BCUT2D eigenvalue weighted by Gasteiger charge is 2.19. The fraction of sp³-hybridized carbons (Fsp3) is 0. The summed E-state index contributed by atoms with van der Waals surface area (Å²) in [7, 11) is 0. The predicted molar refractivity (Wildman–Crippen MR) is 195 cm³/mol. The van der Waals surface area contributed by atoms with Crippen molar-refractivity contribution in [2.45, 2.75) is 0 Å². The zero-order valence-corrected chi connectivity index (χ0v) is 26.4. The number of fused-ring (bicyclic) bond motifs is 6. The summed E-state index contributed by atoms with van der Waals surface area (Å²) in [5.41, 5.74) is 7.76. The van der Waals surface area contributed by atoms with E-state index in [4.69, 9.17) is 38.7 Å². The number of hydrogen-bond donors (Lipinski definition) is 0. The van der Waals surface area contributed by atoms with Crippen LogP contribution in [0.1, 0.15) is 0 Å². The summed E-state index contributed by atoms with van der Waals surface area (Å²) >= 11 is 0. The number of hydrogen-bond acceptors (Lipinski definition) is 8.